The SMILES string of the molecule is CCn1c(-c2cc(N3CCN(C)CC3)nnc2C(C)OC)c2c3cc(ccc31)-c1csc(n1)CC(NC(=O)C1CC1C)C(=O)N1NC(C(=O)OCC(C)(C)C2)C2CC1C2. The first-order valence-electron chi connectivity index (χ1n) is 21.3. The molecule has 2 N–H and O–H groups in total. The molecular formula is C44H57N9O5S. The van der Waals surface area contributed by atoms with Crippen LogP contribution in [0.1, 0.15) is 76.3 Å². The Labute approximate surface area is 350 Å². The van der Waals surface area contributed by atoms with Gasteiger partial charge in [-0.2, -0.15) is 5.10 Å². The maximum absolute atomic E-state index is 14.4. The number of amides is 2. The summed E-state index contributed by atoms with van der Waals surface area (Å²) >= 11 is 1.50. The predicted molar refractivity (Wildman–Crippen MR) is 227 cm³/mol. The first-order valence-corrected chi connectivity index (χ1v) is 22.2. The Morgan fingerprint density at radius 3 is 2.59 bits per heavy atom. The molecule has 59 heavy (non-hydrogen) atoms. The summed E-state index contributed by atoms with van der Waals surface area (Å²) in [6, 6.07) is 7.20. The number of fused-ring (bicyclic) bond motifs is 4. The molecule has 5 unspecified atom stereocenters. The zero-order valence-electron chi connectivity index (χ0n) is 35.3. The van der Waals surface area contributed by atoms with Crippen LogP contribution >= 0.6 is 11.3 Å². The molecule has 6 aliphatic rings. The molecule has 2 aliphatic carbocycles. The summed E-state index contributed by atoms with van der Waals surface area (Å²) in [5.74, 6) is 0.425. The zero-order chi connectivity index (χ0) is 41.3. The van der Waals surface area contributed by atoms with Gasteiger partial charge in [-0.05, 0) is 82.2 Å². The molecule has 7 heterocycles. The molecule has 314 valence electrons. The van der Waals surface area contributed by atoms with Crippen LogP contribution in [-0.4, -0.2) is 113 Å². The third-order valence-electron chi connectivity index (χ3n) is 13.4. The van der Waals surface area contributed by atoms with E-state index in [0.717, 1.165) is 88.1 Å². The van der Waals surface area contributed by atoms with Crippen molar-refractivity contribution in [3.63, 3.8) is 0 Å². The Morgan fingerprint density at radius 1 is 1.12 bits per heavy atom. The lowest BCUT2D eigenvalue weighted by molar-refractivity contribution is -0.171. The normalized spacial score (nSPS) is 27.5. The van der Waals surface area contributed by atoms with Crippen LogP contribution < -0.4 is 15.6 Å². The molecule has 15 heteroatoms. The zero-order valence-corrected chi connectivity index (χ0v) is 36.1. The lowest BCUT2D eigenvalue weighted by atomic mass is 9.73. The van der Waals surface area contributed by atoms with Gasteiger partial charge < -0.3 is 29.2 Å². The largest absolute Gasteiger partial charge is 0.464 e. The van der Waals surface area contributed by atoms with Gasteiger partial charge in [-0.15, -0.1) is 16.4 Å². The predicted octanol–water partition coefficient (Wildman–Crippen LogP) is 5.00. The number of ether oxygens (including phenoxy) is 2. The minimum atomic E-state index is -0.822. The van der Waals surface area contributed by atoms with Crippen LogP contribution in [0.5, 0.6) is 0 Å². The fourth-order valence-corrected chi connectivity index (χ4v) is 10.3. The van der Waals surface area contributed by atoms with E-state index in [1.165, 1.54) is 11.3 Å². The monoisotopic (exact) mass is 823 g/mol. The molecular weight excluding hydrogens is 767 g/mol. The van der Waals surface area contributed by atoms with Crippen LogP contribution in [0.25, 0.3) is 33.4 Å². The van der Waals surface area contributed by atoms with Gasteiger partial charge in [0.2, 0.25) is 5.91 Å². The average Bonchev–Trinajstić information content (AvgIpc) is 3.64. The number of thiazole rings is 1. The Balaban J connectivity index is 1.17. The number of likely N-dealkylation sites (N-methyl/N-ethyl adjacent to an activating group) is 1. The van der Waals surface area contributed by atoms with Gasteiger partial charge in [-0.1, -0.05) is 26.8 Å². The Hall–Kier alpha value is -4.44. The van der Waals surface area contributed by atoms with E-state index in [2.05, 4.69) is 84.1 Å². The van der Waals surface area contributed by atoms with Crippen LogP contribution in [0.3, 0.4) is 0 Å². The summed E-state index contributed by atoms with van der Waals surface area (Å²) in [6.45, 7) is 15.0. The summed E-state index contributed by atoms with van der Waals surface area (Å²) in [6.07, 6.45) is 2.79. The van der Waals surface area contributed by atoms with Gasteiger partial charge in [0.05, 0.1) is 29.1 Å². The maximum Gasteiger partial charge on any atom is 0.325 e. The van der Waals surface area contributed by atoms with Crippen molar-refractivity contribution in [3.8, 4) is 22.5 Å². The number of hydrogen-bond acceptors (Lipinski definition) is 12. The van der Waals surface area contributed by atoms with E-state index in [9.17, 15) is 14.4 Å². The molecule has 0 radical (unpaired) electrons. The molecule has 8 bridgehead atoms. The number of aryl methyl sites for hydroxylation is 1. The standard InChI is InChI=1S/C44H57N9O5S/c1-8-52-35-10-9-26-18-30(35)32(40(52)31-19-36(47-48-38(31)25(3)57-7)51-13-11-50(6)12-14-51)21-44(4,5)23-58-43(56)39-27-16-28(17-27)53(49-39)42(55)33(20-37-45-34(26)22-59-37)46-41(54)29-15-24(29)2/h9-10,18-19,22,24-25,27-29,33,39,49H,8,11-17,20-21,23H2,1-7H3,(H,46,54). The van der Waals surface area contributed by atoms with Crippen LogP contribution in [0.15, 0.2) is 29.6 Å². The van der Waals surface area contributed by atoms with Gasteiger partial charge in [0.25, 0.3) is 5.91 Å². The summed E-state index contributed by atoms with van der Waals surface area (Å²) < 4.78 is 14.5. The van der Waals surface area contributed by atoms with Crippen molar-refractivity contribution in [2.45, 2.75) is 97.5 Å². The number of rotatable bonds is 7. The van der Waals surface area contributed by atoms with Crippen molar-refractivity contribution in [2.75, 3.05) is 51.8 Å². The number of aromatic nitrogens is 4. The molecule has 3 saturated heterocycles. The molecule has 14 nitrogen and oxygen atoms in total. The van der Waals surface area contributed by atoms with Crippen LogP contribution in [0.2, 0.25) is 0 Å². The molecule has 0 spiro atoms. The Morgan fingerprint density at radius 2 is 1.88 bits per heavy atom. The second kappa shape index (κ2) is 15.5. The van der Waals surface area contributed by atoms with Gasteiger partial charge in [-0.3, -0.25) is 19.4 Å². The first kappa shape index (κ1) is 40.0. The first-order chi connectivity index (χ1) is 28.3. The van der Waals surface area contributed by atoms with Gasteiger partial charge >= 0.3 is 5.97 Å². The van der Waals surface area contributed by atoms with Crippen LogP contribution in [0.4, 0.5) is 5.82 Å². The number of carbonyl (C=O) groups is 3. The van der Waals surface area contributed by atoms with Crippen molar-refractivity contribution >= 4 is 45.8 Å². The molecule has 1 aromatic carbocycles. The smallest absolute Gasteiger partial charge is 0.325 e. The molecule has 4 aromatic rings. The number of nitrogens with zero attached hydrogens (tertiary/aromatic N) is 7. The molecule has 5 atom stereocenters. The lowest BCUT2D eigenvalue weighted by Crippen LogP contribution is -2.71. The number of piperazine rings is 1. The minimum Gasteiger partial charge on any atom is -0.464 e. The van der Waals surface area contributed by atoms with E-state index < -0.39 is 17.5 Å². The second-order valence-electron chi connectivity index (χ2n) is 18.3. The number of esters is 1. The van der Waals surface area contributed by atoms with Gasteiger partial charge in [0.1, 0.15) is 17.8 Å². The average molecular weight is 824 g/mol. The van der Waals surface area contributed by atoms with Gasteiger partial charge in [-0.25, -0.2) is 10.4 Å². The highest BCUT2D eigenvalue weighted by Crippen LogP contribution is 2.44. The van der Waals surface area contributed by atoms with E-state index in [1.54, 1.807) is 12.1 Å². The Bertz CT molecular complexity index is 2270. The number of cyclic esters (lactones) is 1. The summed E-state index contributed by atoms with van der Waals surface area (Å²) in [5.41, 5.74) is 9.59. The number of benzene rings is 1. The topological polar surface area (TPSA) is 147 Å². The van der Waals surface area contributed by atoms with E-state index in [0.29, 0.717) is 31.7 Å². The van der Waals surface area contributed by atoms with Crippen molar-refractivity contribution in [1.82, 2.24) is 40.4 Å². The summed E-state index contributed by atoms with van der Waals surface area (Å²) in [5, 5.41) is 18.2. The van der Waals surface area contributed by atoms with Crippen LogP contribution in [-0.2, 0) is 43.2 Å². The minimum absolute atomic E-state index is 0.0407. The van der Waals surface area contributed by atoms with Crippen molar-refractivity contribution < 1.29 is 23.9 Å². The highest BCUT2D eigenvalue weighted by atomic mass is 32.1. The molecule has 5 fully saturated rings. The molecule has 2 amide bonds. The highest BCUT2D eigenvalue weighted by Gasteiger charge is 2.51. The van der Waals surface area contributed by atoms with Gasteiger partial charge in [0.15, 0.2) is 5.82 Å². The maximum atomic E-state index is 14.4. The van der Waals surface area contributed by atoms with E-state index >= 15 is 0 Å². The summed E-state index contributed by atoms with van der Waals surface area (Å²) in [4.78, 5) is 51.4. The number of methoxy groups -OCH3 is 1. The van der Waals surface area contributed by atoms with E-state index in [4.69, 9.17) is 24.7 Å². The van der Waals surface area contributed by atoms with Gasteiger partial charge in [0, 0.05) is 91.0 Å². The molecule has 4 aliphatic heterocycles. The van der Waals surface area contributed by atoms with Crippen molar-refractivity contribution in [1.29, 1.82) is 0 Å². The number of nitrogens with one attached hydrogen (secondary N) is 2. The summed E-state index contributed by atoms with van der Waals surface area (Å²) in [7, 11) is 3.85. The molecule has 3 aromatic heterocycles. The van der Waals surface area contributed by atoms with Crippen molar-refractivity contribution in [2.24, 2.45) is 23.2 Å². The third kappa shape index (κ3) is 7.52. The number of anilines is 1. The highest BCUT2D eigenvalue weighted by molar-refractivity contribution is 7.10. The quantitative estimate of drug-likeness (QED) is 0.243. The van der Waals surface area contributed by atoms with E-state index in [1.807, 2.05) is 12.3 Å². The van der Waals surface area contributed by atoms with E-state index in [-0.39, 0.29) is 54.8 Å². The number of hydrogen-bond donors (Lipinski definition) is 2. The second-order valence-corrected chi connectivity index (χ2v) is 19.3. The lowest BCUT2D eigenvalue weighted by Gasteiger charge is -2.53. The number of hydrazine groups is 1. The fourth-order valence-electron chi connectivity index (χ4n) is 9.48. The van der Waals surface area contributed by atoms with Crippen molar-refractivity contribution in [3.05, 3.63) is 45.9 Å². The molecule has 2 saturated carbocycles. The number of carbonyl (C=O) groups excluding carboxylic acids is 3. The molecule has 10 rings (SSSR count). The third-order valence-corrected chi connectivity index (χ3v) is 14.3. The van der Waals surface area contributed by atoms with Crippen LogP contribution in [0, 0.1) is 23.2 Å². The fraction of sp³-hybridized carbons (Fsp3) is 0.591. The Kier molecular flexibility index (Phi) is 10.5.